The molecule has 1 heterocycles. The molecule has 3 aromatic rings. The fraction of sp³-hybridized carbons (Fsp3) is 0.167. The molecule has 0 spiro atoms. The van der Waals surface area contributed by atoms with Gasteiger partial charge in [0.15, 0.2) is 11.6 Å². The Labute approximate surface area is 168 Å². The lowest BCUT2D eigenvalue weighted by Gasteiger charge is -2.17. The summed E-state index contributed by atoms with van der Waals surface area (Å²) in [7, 11) is 1.36. The maximum absolute atomic E-state index is 13.5. The zero-order chi connectivity index (χ0) is 21.0. The van der Waals surface area contributed by atoms with E-state index in [1.807, 2.05) is 0 Å². The fourth-order valence-electron chi connectivity index (χ4n) is 2.50. The van der Waals surface area contributed by atoms with Crippen molar-refractivity contribution in [3.8, 4) is 11.4 Å². The molecular formula is C18H15ClF2N6O2. The summed E-state index contributed by atoms with van der Waals surface area (Å²) in [5, 5.41) is 17.1. The number of aromatic nitrogens is 4. The number of carbonyl (C=O) groups is 2. The maximum Gasteiger partial charge on any atom is 0.246 e. The molecule has 2 amide bonds. The molecule has 1 aromatic heterocycles. The van der Waals surface area contributed by atoms with Gasteiger partial charge in [-0.2, -0.15) is 4.80 Å². The molecule has 0 aliphatic rings. The molecule has 0 aliphatic carbocycles. The van der Waals surface area contributed by atoms with Gasteiger partial charge in [-0.3, -0.25) is 9.59 Å². The van der Waals surface area contributed by atoms with Crippen molar-refractivity contribution in [2.75, 3.05) is 7.05 Å². The average molecular weight is 421 g/mol. The predicted octanol–water partition coefficient (Wildman–Crippen LogP) is 1.88. The third kappa shape index (κ3) is 4.91. The Kier molecular flexibility index (Phi) is 6.13. The molecule has 0 fully saturated rings. The van der Waals surface area contributed by atoms with Gasteiger partial charge in [-0.05, 0) is 47.2 Å². The van der Waals surface area contributed by atoms with E-state index in [1.54, 1.807) is 24.3 Å². The van der Waals surface area contributed by atoms with Crippen molar-refractivity contribution in [2.45, 2.75) is 12.6 Å². The SMILES string of the molecule is CNC(=O)C(NC(=O)Cn1nnc(-c2ccc(Cl)cc2)n1)c1ccc(F)c(F)c1. The number of rotatable bonds is 6. The highest BCUT2D eigenvalue weighted by Crippen LogP contribution is 2.18. The summed E-state index contributed by atoms with van der Waals surface area (Å²) in [5.41, 5.74) is 0.746. The number of tetrazole rings is 1. The van der Waals surface area contributed by atoms with Crippen molar-refractivity contribution in [3.63, 3.8) is 0 Å². The van der Waals surface area contributed by atoms with E-state index >= 15 is 0 Å². The summed E-state index contributed by atoms with van der Waals surface area (Å²) >= 11 is 5.84. The van der Waals surface area contributed by atoms with Gasteiger partial charge in [0.25, 0.3) is 0 Å². The van der Waals surface area contributed by atoms with Gasteiger partial charge in [-0.25, -0.2) is 8.78 Å². The normalized spacial score (nSPS) is 11.7. The van der Waals surface area contributed by atoms with Gasteiger partial charge < -0.3 is 10.6 Å². The smallest absolute Gasteiger partial charge is 0.246 e. The van der Waals surface area contributed by atoms with E-state index in [0.29, 0.717) is 10.6 Å². The van der Waals surface area contributed by atoms with Gasteiger partial charge in [0.1, 0.15) is 12.6 Å². The zero-order valence-corrected chi connectivity index (χ0v) is 15.8. The molecule has 3 rings (SSSR count). The van der Waals surface area contributed by atoms with Crippen LogP contribution < -0.4 is 10.6 Å². The molecule has 0 saturated heterocycles. The minimum Gasteiger partial charge on any atom is -0.357 e. The number of carbonyl (C=O) groups excluding carboxylic acids is 2. The quantitative estimate of drug-likeness (QED) is 0.634. The zero-order valence-electron chi connectivity index (χ0n) is 15.1. The third-order valence-corrected chi connectivity index (χ3v) is 4.18. The Balaban J connectivity index is 1.72. The molecular weight excluding hydrogens is 406 g/mol. The number of likely N-dealkylation sites (N-methyl/N-ethyl adjacent to an activating group) is 1. The predicted molar refractivity (Wildman–Crippen MR) is 99.6 cm³/mol. The summed E-state index contributed by atoms with van der Waals surface area (Å²) in [6, 6.07) is 8.46. The van der Waals surface area contributed by atoms with Gasteiger partial charge in [-0.15, -0.1) is 10.2 Å². The summed E-state index contributed by atoms with van der Waals surface area (Å²) in [4.78, 5) is 25.5. The van der Waals surface area contributed by atoms with E-state index in [-0.39, 0.29) is 17.9 Å². The molecule has 8 nitrogen and oxygen atoms in total. The molecule has 29 heavy (non-hydrogen) atoms. The van der Waals surface area contributed by atoms with Crippen molar-refractivity contribution in [3.05, 3.63) is 64.7 Å². The second-order valence-electron chi connectivity index (χ2n) is 5.94. The first-order valence-corrected chi connectivity index (χ1v) is 8.75. The fourth-order valence-corrected chi connectivity index (χ4v) is 2.62. The highest BCUT2D eigenvalue weighted by molar-refractivity contribution is 6.30. The van der Waals surface area contributed by atoms with Gasteiger partial charge in [0.2, 0.25) is 17.6 Å². The van der Waals surface area contributed by atoms with Gasteiger partial charge in [-0.1, -0.05) is 17.7 Å². The second kappa shape index (κ2) is 8.74. The van der Waals surface area contributed by atoms with Crippen LogP contribution in [0.4, 0.5) is 8.78 Å². The number of nitrogens with one attached hydrogen (secondary N) is 2. The Hall–Kier alpha value is -3.40. The van der Waals surface area contributed by atoms with E-state index in [9.17, 15) is 18.4 Å². The highest BCUT2D eigenvalue weighted by Gasteiger charge is 2.23. The first-order chi connectivity index (χ1) is 13.9. The summed E-state index contributed by atoms with van der Waals surface area (Å²) in [6.45, 7) is -0.336. The topological polar surface area (TPSA) is 102 Å². The Bertz CT molecular complexity index is 1040. The van der Waals surface area contributed by atoms with Crippen LogP contribution in [-0.2, 0) is 16.1 Å². The molecule has 0 bridgehead atoms. The highest BCUT2D eigenvalue weighted by atomic mass is 35.5. The number of hydrogen-bond acceptors (Lipinski definition) is 5. The number of nitrogens with zero attached hydrogens (tertiary/aromatic N) is 4. The minimum absolute atomic E-state index is 0.0880. The van der Waals surface area contributed by atoms with Crippen LogP contribution in [0.3, 0.4) is 0 Å². The Morgan fingerprint density at radius 3 is 2.52 bits per heavy atom. The van der Waals surface area contributed by atoms with Crippen LogP contribution in [0.25, 0.3) is 11.4 Å². The first-order valence-electron chi connectivity index (χ1n) is 8.37. The molecule has 2 N–H and O–H groups in total. The van der Waals surface area contributed by atoms with Crippen LogP contribution in [0, 0.1) is 11.6 Å². The van der Waals surface area contributed by atoms with E-state index in [2.05, 4.69) is 26.0 Å². The third-order valence-electron chi connectivity index (χ3n) is 3.93. The molecule has 0 saturated carbocycles. The van der Waals surface area contributed by atoms with Crippen LogP contribution >= 0.6 is 11.6 Å². The summed E-state index contributed by atoms with van der Waals surface area (Å²) < 4.78 is 26.7. The summed E-state index contributed by atoms with van der Waals surface area (Å²) in [6.07, 6.45) is 0. The van der Waals surface area contributed by atoms with Crippen molar-refractivity contribution in [1.29, 1.82) is 0 Å². The van der Waals surface area contributed by atoms with Crippen molar-refractivity contribution in [2.24, 2.45) is 0 Å². The standard InChI is InChI=1S/C18H15ClF2N6O2/c1-22-18(29)16(11-4-7-13(20)14(21)8-11)23-15(28)9-27-25-17(24-26-27)10-2-5-12(19)6-3-10/h2-8,16H,9H2,1H3,(H,22,29)(H,23,28). The van der Waals surface area contributed by atoms with Crippen LogP contribution in [0.2, 0.25) is 5.02 Å². The molecule has 2 aromatic carbocycles. The van der Waals surface area contributed by atoms with Crippen molar-refractivity contribution < 1.29 is 18.4 Å². The number of halogens is 3. The van der Waals surface area contributed by atoms with Crippen LogP contribution in [0.15, 0.2) is 42.5 Å². The first kappa shape index (κ1) is 20.3. The second-order valence-corrected chi connectivity index (χ2v) is 6.38. The van der Waals surface area contributed by atoms with Gasteiger partial charge in [0, 0.05) is 17.6 Å². The largest absolute Gasteiger partial charge is 0.357 e. The average Bonchev–Trinajstić information content (AvgIpc) is 3.16. The molecule has 11 heteroatoms. The molecule has 0 radical (unpaired) electrons. The molecule has 150 valence electrons. The Morgan fingerprint density at radius 1 is 1.14 bits per heavy atom. The monoisotopic (exact) mass is 420 g/mol. The summed E-state index contributed by atoms with van der Waals surface area (Å²) in [5.74, 6) is -3.12. The maximum atomic E-state index is 13.5. The van der Waals surface area contributed by atoms with Crippen LogP contribution in [0.1, 0.15) is 11.6 Å². The van der Waals surface area contributed by atoms with E-state index in [4.69, 9.17) is 11.6 Å². The number of hydrogen-bond donors (Lipinski definition) is 2. The number of amides is 2. The van der Waals surface area contributed by atoms with Crippen LogP contribution in [-0.4, -0.2) is 39.1 Å². The Morgan fingerprint density at radius 2 is 1.86 bits per heavy atom. The molecule has 0 aliphatic heterocycles. The van der Waals surface area contributed by atoms with E-state index < -0.39 is 29.5 Å². The lowest BCUT2D eigenvalue weighted by Crippen LogP contribution is -2.40. The lowest BCUT2D eigenvalue weighted by molar-refractivity contribution is -0.129. The van der Waals surface area contributed by atoms with E-state index in [0.717, 1.165) is 16.9 Å². The van der Waals surface area contributed by atoms with Crippen molar-refractivity contribution in [1.82, 2.24) is 30.8 Å². The van der Waals surface area contributed by atoms with Crippen LogP contribution in [0.5, 0.6) is 0 Å². The van der Waals surface area contributed by atoms with Gasteiger partial charge in [0.05, 0.1) is 0 Å². The van der Waals surface area contributed by atoms with Crippen molar-refractivity contribution >= 4 is 23.4 Å². The van der Waals surface area contributed by atoms with E-state index in [1.165, 1.54) is 13.1 Å². The lowest BCUT2D eigenvalue weighted by atomic mass is 10.1. The molecule has 1 atom stereocenters. The van der Waals surface area contributed by atoms with Gasteiger partial charge >= 0.3 is 0 Å². The minimum atomic E-state index is -1.22. The number of benzene rings is 2. The molecule has 1 unspecified atom stereocenters.